The lowest BCUT2D eigenvalue weighted by Crippen LogP contribution is -2.42. The van der Waals surface area contributed by atoms with Crippen molar-refractivity contribution in [2.45, 2.75) is 38.1 Å². The molecule has 1 unspecified atom stereocenters. The minimum Gasteiger partial charge on any atom is -0.353 e. The van der Waals surface area contributed by atoms with Gasteiger partial charge >= 0.3 is 0 Å². The number of imidazole rings is 1. The van der Waals surface area contributed by atoms with Crippen molar-refractivity contribution in [2.24, 2.45) is 18.9 Å². The lowest BCUT2D eigenvalue weighted by atomic mass is 9.96. The average molecular weight is 373 g/mol. The topological polar surface area (TPSA) is 87.5 Å². The SMILES string of the molecule is Cn1cnc(C(=O)N2CCC(CN3CC(C(=O)NC4CC4)CC3=O)CC2)c1. The van der Waals surface area contributed by atoms with Crippen molar-refractivity contribution in [1.82, 2.24) is 24.7 Å². The third-order valence-corrected chi connectivity index (χ3v) is 5.81. The molecule has 1 atom stereocenters. The maximum Gasteiger partial charge on any atom is 0.274 e. The number of carbonyl (C=O) groups is 3. The van der Waals surface area contributed by atoms with Crippen LogP contribution in [-0.4, -0.2) is 69.3 Å². The molecule has 1 aromatic rings. The number of amides is 3. The number of nitrogens with zero attached hydrogens (tertiary/aromatic N) is 4. The first kappa shape index (κ1) is 18.0. The fraction of sp³-hybridized carbons (Fsp3) is 0.684. The Bertz CT molecular complexity index is 733. The summed E-state index contributed by atoms with van der Waals surface area (Å²) in [6.07, 6.45) is 7.58. The number of carbonyl (C=O) groups excluding carboxylic acids is 3. The minimum absolute atomic E-state index is 0.0249. The van der Waals surface area contributed by atoms with E-state index >= 15 is 0 Å². The van der Waals surface area contributed by atoms with Crippen molar-refractivity contribution in [1.29, 1.82) is 0 Å². The summed E-state index contributed by atoms with van der Waals surface area (Å²) >= 11 is 0. The standard InChI is InChI=1S/C19H27N5O3/c1-22-11-16(20-12-22)19(27)23-6-4-13(5-7-23)9-24-10-14(8-17(24)25)18(26)21-15-2-3-15/h11-15H,2-10H2,1H3,(H,21,26). The van der Waals surface area contributed by atoms with Gasteiger partial charge in [0.1, 0.15) is 5.69 Å². The fourth-order valence-electron chi connectivity index (χ4n) is 3.99. The monoisotopic (exact) mass is 373 g/mol. The first-order chi connectivity index (χ1) is 13.0. The summed E-state index contributed by atoms with van der Waals surface area (Å²) in [6.45, 7) is 2.60. The Morgan fingerprint density at radius 2 is 1.96 bits per heavy atom. The molecule has 0 bridgehead atoms. The smallest absolute Gasteiger partial charge is 0.274 e. The summed E-state index contributed by atoms with van der Waals surface area (Å²) in [5.74, 6) is 0.265. The lowest BCUT2D eigenvalue weighted by Gasteiger charge is -2.33. The van der Waals surface area contributed by atoms with Crippen LogP contribution in [0.3, 0.4) is 0 Å². The van der Waals surface area contributed by atoms with Gasteiger partial charge in [0.05, 0.1) is 12.2 Å². The van der Waals surface area contributed by atoms with Crippen LogP contribution in [0.5, 0.6) is 0 Å². The summed E-state index contributed by atoms with van der Waals surface area (Å²) in [5.41, 5.74) is 0.482. The molecule has 0 spiro atoms. The van der Waals surface area contributed by atoms with Crippen LogP contribution in [0.4, 0.5) is 0 Å². The highest BCUT2D eigenvalue weighted by atomic mass is 16.2. The zero-order valence-electron chi connectivity index (χ0n) is 15.8. The third-order valence-electron chi connectivity index (χ3n) is 5.81. The predicted octanol–water partition coefficient (Wildman–Crippen LogP) is 0.399. The van der Waals surface area contributed by atoms with E-state index in [-0.39, 0.29) is 23.6 Å². The number of hydrogen-bond acceptors (Lipinski definition) is 4. The van der Waals surface area contributed by atoms with Crippen LogP contribution in [0.15, 0.2) is 12.5 Å². The number of aryl methyl sites for hydroxylation is 1. The molecule has 3 amide bonds. The van der Waals surface area contributed by atoms with Gasteiger partial charge in [-0.2, -0.15) is 0 Å². The first-order valence-electron chi connectivity index (χ1n) is 9.85. The van der Waals surface area contributed by atoms with E-state index in [9.17, 15) is 14.4 Å². The molecule has 146 valence electrons. The maximum atomic E-state index is 12.5. The molecule has 27 heavy (non-hydrogen) atoms. The number of aromatic nitrogens is 2. The Morgan fingerprint density at radius 1 is 1.22 bits per heavy atom. The van der Waals surface area contributed by atoms with Crippen molar-refractivity contribution in [3.05, 3.63) is 18.2 Å². The number of nitrogens with one attached hydrogen (secondary N) is 1. The normalized spacial score (nSPS) is 23.7. The van der Waals surface area contributed by atoms with Gasteiger partial charge in [-0.25, -0.2) is 4.98 Å². The van der Waals surface area contributed by atoms with Crippen LogP contribution >= 0.6 is 0 Å². The molecule has 2 saturated heterocycles. The number of likely N-dealkylation sites (tertiary alicyclic amines) is 2. The number of rotatable bonds is 5. The van der Waals surface area contributed by atoms with Gasteiger partial charge in [-0.1, -0.05) is 0 Å². The van der Waals surface area contributed by atoms with Gasteiger partial charge in [0.25, 0.3) is 5.91 Å². The van der Waals surface area contributed by atoms with Crippen molar-refractivity contribution in [3.63, 3.8) is 0 Å². The highest BCUT2D eigenvalue weighted by Crippen LogP contribution is 2.26. The maximum absolute atomic E-state index is 12.5. The second-order valence-electron chi connectivity index (χ2n) is 8.14. The number of hydrogen-bond donors (Lipinski definition) is 1. The Kier molecular flexibility index (Phi) is 4.88. The molecule has 8 nitrogen and oxygen atoms in total. The Labute approximate surface area is 158 Å². The Hall–Kier alpha value is -2.38. The van der Waals surface area contributed by atoms with Gasteiger partial charge in [0, 0.05) is 51.9 Å². The van der Waals surface area contributed by atoms with Gasteiger partial charge in [-0.15, -0.1) is 0 Å². The minimum atomic E-state index is -0.205. The van der Waals surface area contributed by atoms with Gasteiger partial charge in [-0.05, 0) is 31.6 Å². The summed E-state index contributed by atoms with van der Waals surface area (Å²) in [7, 11) is 1.85. The van der Waals surface area contributed by atoms with Crippen LogP contribution in [0.2, 0.25) is 0 Å². The summed E-state index contributed by atoms with van der Waals surface area (Å²) in [4.78, 5) is 44.8. The van der Waals surface area contributed by atoms with E-state index in [1.807, 2.05) is 16.8 Å². The summed E-state index contributed by atoms with van der Waals surface area (Å²) in [6, 6.07) is 0.336. The van der Waals surface area contributed by atoms with Gasteiger partial charge < -0.3 is 19.7 Å². The highest BCUT2D eigenvalue weighted by Gasteiger charge is 2.37. The molecule has 3 aliphatic rings. The zero-order valence-corrected chi connectivity index (χ0v) is 15.8. The average Bonchev–Trinajstić information content (AvgIpc) is 3.24. The van der Waals surface area contributed by atoms with Gasteiger partial charge in [0.2, 0.25) is 11.8 Å². The molecular formula is C19H27N5O3. The molecule has 3 heterocycles. The first-order valence-corrected chi connectivity index (χ1v) is 9.85. The van der Waals surface area contributed by atoms with E-state index in [0.717, 1.165) is 25.7 Å². The molecular weight excluding hydrogens is 346 g/mol. The van der Waals surface area contributed by atoms with Crippen molar-refractivity contribution >= 4 is 17.7 Å². The zero-order chi connectivity index (χ0) is 19.0. The largest absolute Gasteiger partial charge is 0.353 e. The molecule has 1 N–H and O–H groups in total. The van der Waals surface area contributed by atoms with E-state index in [1.165, 1.54) is 0 Å². The van der Waals surface area contributed by atoms with E-state index in [2.05, 4.69) is 10.3 Å². The van der Waals surface area contributed by atoms with Crippen LogP contribution in [0, 0.1) is 11.8 Å². The molecule has 1 aliphatic carbocycles. The number of piperidine rings is 1. The van der Waals surface area contributed by atoms with Gasteiger partial charge in [-0.3, -0.25) is 14.4 Å². The quantitative estimate of drug-likeness (QED) is 0.809. The van der Waals surface area contributed by atoms with E-state index < -0.39 is 0 Å². The van der Waals surface area contributed by atoms with Crippen molar-refractivity contribution < 1.29 is 14.4 Å². The second-order valence-corrected chi connectivity index (χ2v) is 8.14. The van der Waals surface area contributed by atoms with Crippen LogP contribution in [0.25, 0.3) is 0 Å². The molecule has 0 aromatic carbocycles. The molecule has 3 fully saturated rings. The summed E-state index contributed by atoms with van der Waals surface area (Å²) in [5, 5.41) is 3.01. The lowest BCUT2D eigenvalue weighted by molar-refractivity contribution is -0.129. The van der Waals surface area contributed by atoms with Crippen LogP contribution in [0.1, 0.15) is 42.6 Å². The van der Waals surface area contributed by atoms with Crippen LogP contribution in [-0.2, 0) is 16.6 Å². The Morgan fingerprint density at radius 3 is 2.59 bits per heavy atom. The molecule has 4 rings (SSSR count). The molecule has 0 radical (unpaired) electrons. The summed E-state index contributed by atoms with van der Waals surface area (Å²) < 4.78 is 1.77. The van der Waals surface area contributed by atoms with E-state index in [4.69, 9.17) is 0 Å². The highest BCUT2D eigenvalue weighted by molar-refractivity contribution is 5.92. The third kappa shape index (κ3) is 4.14. The van der Waals surface area contributed by atoms with E-state index in [0.29, 0.717) is 50.3 Å². The fourth-order valence-corrected chi connectivity index (χ4v) is 3.99. The van der Waals surface area contributed by atoms with Crippen molar-refractivity contribution in [3.8, 4) is 0 Å². The molecule has 8 heteroatoms. The molecule has 1 aromatic heterocycles. The molecule has 1 saturated carbocycles. The predicted molar refractivity (Wildman–Crippen MR) is 97.7 cm³/mol. The molecule has 2 aliphatic heterocycles. The van der Waals surface area contributed by atoms with Crippen molar-refractivity contribution in [2.75, 3.05) is 26.2 Å². The Balaban J connectivity index is 1.24. The second kappa shape index (κ2) is 7.32. The van der Waals surface area contributed by atoms with E-state index in [1.54, 1.807) is 17.1 Å². The van der Waals surface area contributed by atoms with Crippen LogP contribution < -0.4 is 5.32 Å². The van der Waals surface area contributed by atoms with Gasteiger partial charge in [0.15, 0.2) is 0 Å².